The van der Waals surface area contributed by atoms with E-state index in [0.717, 1.165) is 45.4 Å². The van der Waals surface area contributed by atoms with E-state index in [1.807, 2.05) is 38.4 Å². The number of benzene rings is 3. The van der Waals surface area contributed by atoms with Gasteiger partial charge in [0.1, 0.15) is 0 Å². The van der Waals surface area contributed by atoms with Crippen LogP contribution >= 0.6 is 0 Å². The van der Waals surface area contributed by atoms with Crippen molar-refractivity contribution in [2.75, 3.05) is 7.05 Å². The van der Waals surface area contributed by atoms with E-state index in [1.165, 1.54) is 22.3 Å². The molecule has 0 amide bonds. The molecule has 1 heterocycles. The zero-order chi connectivity index (χ0) is 27.4. The van der Waals surface area contributed by atoms with E-state index in [-0.39, 0.29) is 5.41 Å². The minimum atomic E-state index is -0.303. The Labute approximate surface area is 228 Å². The van der Waals surface area contributed by atoms with Crippen LogP contribution in [0.4, 0.5) is 0 Å². The molecule has 0 aliphatic carbocycles. The summed E-state index contributed by atoms with van der Waals surface area (Å²) in [6.07, 6.45) is 10.4. The number of hydrogen-bond donors (Lipinski definition) is 0. The first-order chi connectivity index (χ1) is 18.1. The molecule has 0 spiro atoms. The van der Waals surface area contributed by atoms with Crippen molar-refractivity contribution >= 4 is 16.5 Å². The molecule has 4 rings (SSSR count). The first-order valence-electron chi connectivity index (χ1n) is 12.9. The Hall–Kier alpha value is -4.35. The summed E-state index contributed by atoms with van der Waals surface area (Å²) in [6.45, 7) is 16.7. The third-order valence-electron chi connectivity index (χ3n) is 7.34. The van der Waals surface area contributed by atoms with E-state index in [2.05, 4.69) is 105 Å². The van der Waals surface area contributed by atoms with Gasteiger partial charge in [-0.15, -0.1) is 6.42 Å². The third kappa shape index (κ3) is 5.48. The summed E-state index contributed by atoms with van der Waals surface area (Å²) in [5.74, 6) is 2.89. The molecule has 4 aromatic rings. The van der Waals surface area contributed by atoms with Gasteiger partial charge in [-0.25, -0.2) is 0 Å². The Morgan fingerprint density at radius 2 is 1.74 bits per heavy atom. The van der Waals surface area contributed by atoms with Crippen molar-refractivity contribution in [1.29, 1.82) is 0 Å². The van der Waals surface area contributed by atoms with E-state index in [0.29, 0.717) is 0 Å². The van der Waals surface area contributed by atoms with Gasteiger partial charge in [0, 0.05) is 42.0 Å². The monoisotopic (exact) mass is 496 g/mol. The average Bonchev–Trinajstić information content (AvgIpc) is 2.93. The lowest BCUT2D eigenvalue weighted by Crippen LogP contribution is -2.16. The lowest BCUT2D eigenvalue weighted by atomic mass is 9.84. The Morgan fingerprint density at radius 1 is 1.03 bits per heavy atom. The molecule has 0 aliphatic heterocycles. The number of hydrogen-bond acceptors (Lipinski definition) is 2. The van der Waals surface area contributed by atoms with E-state index >= 15 is 0 Å². The Balaban J connectivity index is 1.85. The lowest BCUT2D eigenvalue weighted by molar-refractivity contribution is 0.541. The van der Waals surface area contributed by atoms with Crippen LogP contribution in [0.1, 0.15) is 43.0 Å². The number of nitrogens with zero attached hydrogens (tertiary/aromatic N) is 2. The predicted molar refractivity (Wildman–Crippen MR) is 164 cm³/mol. The van der Waals surface area contributed by atoms with Gasteiger partial charge < -0.3 is 4.90 Å². The molecule has 0 bridgehead atoms. The zero-order valence-corrected chi connectivity index (χ0v) is 23.2. The molecule has 0 saturated carbocycles. The maximum Gasteiger partial charge on any atom is 0.0702 e. The predicted octanol–water partition coefficient (Wildman–Crippen LogP) is 8.73. The van der Waals surface area contributed by atoms with Crippen LogP contribution in [0.2, 0.25) is 0 Å². The smallest absolute Gasteiger partial charge is 0.0702 e. The highest BCUT2D eigenvalue weighted by atomic mass is 15.1. The molecule has 190 valence electrons. The molecule has 0 N–H and O–H groups in total. The number of rotatable bonds is 8. The van der Waals surface area contributed by atoms with Gasteiger partial charge in [0.2, 0.25) is 0 Å². The molecule has 0 saturated heterocycles. The summed E-state index contributed by atoms with van der Waals surface area (Å²) < 4.78 is 0. The minimum absolute atomic E-state index is 0.303. The minimum Gasteiger partial charge on any atom is -0.349 e. The van der Waals surface area contributed by atoms with Crippen LogP contribution in [0.15, 0.2) is 110 Å². The SMILES string of the molecule is C#CC(C)(C)c1ccc(C/C(=C(/C=C)N(C)C(=C)C)c2cc(-c3cnc4ccccc4c3)ccc2C)cc1. The normalized spacial score (nSPS) is 12.0. The van der Waals surface area contributed by atoms with Crippen LogP contribution in [0.25, 0.3) is 27.6 Å². The third-order valence-corrected chi connectivity index (χ3v) is 7.34. The van der Waals surface area contributed by atoms with Crippen LogP contribution in [-0.2, 0) is 11.8 Å². The largest absolute Gasteiger partial charge is 0.349 e. The maximum atomic E-state index is 5.78. The highest BCUT2D eigenvalue weighted by Crippen LogP contribution is 2.34. The van der Waals surface area contributed by atoms with Crippen molar-refractivity contribution < 1.29 is 0 Å². The second kappa shape index (κ2) is 11.0. The summed E-state index contributed by atoms with van der Waals surface area (Å²) in [5, 5.41) is 1.13. The van der Waals surface area contributed by atoms with Crippen molar-refractivity contribution in [2.45, 2.75) is 39.5 Å². The topological polar surface area (TPSA) is 16.1 Å². The second-order valence-electron chi connectivity index (χ2n) is 10.5. The Bertz CT molecular complexity index is 1580. The Morgan fingerprint density at radius 3 is 2.39 bits per heavy atom. The molecule has 0 aliphatic rings. The standard InChI is InChI=1S/C36H36N2/c1-9-35(38(8)25(3)4)33(21-27-16-19-31(20-17-27)36(6,7)10-2)32-23-28(18-15-26(32)5)30-22-29-13-11-12-14-34(29)37-24-30/h2,9,11-20,22-24H,1,3,21H2,4-8H3/b35-33+. The summed E-state index contributed by atoms with van der Waals surface area (Å²) in [4.78, 5) is 6.81. The van der Waals surface area contributed by atoms with Crippen molar-refractivity contribution in [3.8, 4) is 23.5 Å². The van der Waals surface area contributed by atoms with E-state index in [9.17, 15) is 0 Å². The fourth-order valence-electron chi connectivity index (χ4n) is 4.67. The van der Waals surface area contributed by atoms with Gasteiger partial charge in [-0.3, -0.25) is 4.98 Å². The van der Waals surface area contributed by atoms with Gasteiger partial charge in [0.05, 0.1) is 10.9 Å². The van der Waals surface area contributed by atoms with Crippen molar-refractivity contribution in [3.63, 3.8) is 0 Å². The number of aryl methyl sites for hydroxylation is 1. The van der Waals surface area contributed by atoms with Crippen LogP contribution in [0.3, 0.4) is 0 Å². The number of aromatic nitrogens is 1. The molecule has 0 unspecified atom stereocenters. The van der Waals surface area contributed by atoms with Crippen LogP contribution in [-0.4, -0.2) is 16.9 Å². The van der Waals surface area contributed by atoms with Gasteiger partial charge in [-0.2, -0.15) is 0 Å². The first kappa shape index (κ1) is 26.7. The van der Waals surface area contributed by atoms with E-state index < -0.39 is 0 Å². The second-order valence-corrected chi connectivity index (χ2v) is 10.5. The van der Waals surface area contributed by atoms with E-state index in [4.69, 9.17) is 11.4 Å². The summed E-state index contributed by atoms with van der Waals surface area (Å²) in [7, 11) is 2.05. The summed E-state index contributed by atoms with van der Waals surface area (Å²) in [5.41, 5.74) is 10.9. The van der Waals surface area contributed by atoms with Crippen LogP contribution in [0, 0.1) is 19.3 Å². The maximum absolute atomic E-state index is 5.78. The van der Waals surface area contributed by atoms with Crippen molar-refractivity contribution in [3.05, 3.63) is 132 Å². The molecule has 0 atom stereocenters. The molecule has 0 fully saturated rings. The van der Waals surface area contributed by atoms with Gasteiger partial charge in [-0.1, -0.05) is 73.7 Å². The summed E-state index contributed by atoms with van der Waals surface area (Å²) >= 11 is 0. The molecule has 2 nitrogen and oxygen atoms in total. The molecule has 2 heteroatoms. The number of terminal acetylenes is 1. The zero-order valence-electron chi connectivity index (χ0n) is 23.2. The highest BCUT2D eigenvalue weighted by Gasteiger charge is 2.19. The van der Waals surface area contributed by atoms with E-state index in [1.54, 1.807) is 0 Å². The number of pyridine rings is 1. The molecular formula is C36H36N2. The van der Waals surface area contributed by atoms with Gasteiger partial charge in [-0.05, 0) is 85.4 Å². The lowest BCUT2D eigenvalue weighted by Gasteiger charge is -2.26. The molecule has 3 aromatic carbocycles. The van der Waals surface area contributed by atoms with Crippen molar-refractivity contribution in [1.82, 2.24) is 9.88 Å². The molecule has 1 aromatic heterocycles. The number of likely N-dealkylation sites (N-methyl/N-ethyl adjacent to an activating group) is 1. The quantitative estimate of drug-likeness (QED) is 0.179. The molecular weight excluding hydrogens is 460 g/mol. The first-order valence-corrected chi connectivity index (χ1v) is 12.9. The van der Waals surface area contributed by atoms with Crippen LogP contribution in [0.5, 0.6) is 0 Å². The fraction of sp³-hybridized carbons (Fsp3) is 0.194. The van der Waals surface area contributed by atoms with Gasteiger partial charge in [0.25, 0.3) is 0 Å². The van der Waals surface area contributed by atoms with Gasteiger partial charge in [0.15, 0.2) is 0 Å². The highest BCUT2D eigenvalue weighted by molar-refractivity contribution is 5.85. The Kier molecular flexibility index (Phi) is 7.70. The average molecular weight is 497 g/mol. The number of allylic oxidation sites excluding steroid dienone is 3. The number of para-hydroxylation sites is 1. The summed E-state index contributed by atoms with van der Waals surface area (Å²) in [6, 6.07) is 25.7. The fourth-order valence-corrected chi connectivity index (χ4v) is 4.67. The molecule has 0 radical (unpaired) electrons. The van der Waals surface area contributed by atoms with Crippen LogP contribution < -0.4 is 0 Å². The van der Waals surface area contributed by atoms with Gasteiger partial charge >= 0.3 is 0 Å². The molecule has 38 heavy (non-hydrogen) atoms. The number of fused-ring (bicyclic) bond motifs is 1. The van der Waals surface area contributed by atoms with Crippen molar-refractivity contribution in [2.24, 2.45) is 0 Å².